The second-order valence-corrected chi connectivity index (χ2v) is 8.49. The smallest absolute Gasteiger partial charge is 0.211 e. The third kappa shape index (κ3) is 4.84. The van der Waals surface area contributed by atoms with Gasteiger partial charge in [0.1, 0.15) is 18.5 Å². The molecule has 26 heavy (non-hydrogen) atoms. The zero-order chi connectivity index (χ0) is 18.6. The van der Waals surface area contributed by atoms with Crippen LogP contribution in [0.4, 0.5) is 0 Å². The molecule has 0 radical (unpaired) electrons. The highest BCUT2D eigenvalue weighted by Gasteiger charge is 2.29. The van der Waals surface area contributed by atoms with Gasteiger partial charge in [-0.25, -0.2) is 17.8 Å². The zero-order valence-electron chi connectivity index (χ0n) is 15.1. The van der Waals surface area contributed by atoms with Gasteiger partial charge in [0.05, 0.1) is 23.7 Å². The number of rotatable bonds is 7. The fourth-order valence-electron chi connectivity index (χ4n) is 2.88. The van der Waals surface area contributed by atoms with E-state index in [0.717, 1.165) is 24.1 Å². The molecule has 1 aromatic heterocycles. The number of hydrogen-bond acceptors (Lipinski definition) is 5. The Bertz CT molecular complexity index is 817. The van der Waals surface area contributed by atoms with E-state index in [-0.39, 0.29) is 17.9 Å². The van der Waals surface area contributed by atoms with Gasteiger partial charge in [0, 0.05) is 12.8 Å². The van der Waals surface area contributed by atoms with Crippen LogP contribution in [0.1, 0.15) is 25.3 Å². The van der Waals surface area contributed by atoms with Crippen LogP contribution in [0.15, 0.2) is 36.7 Å². The molecule has 0 saturated carbocycles. The van der Waals surface area contributed by atoms with Gasteiger partial charge in [-0.3, -0.25) is 0 Å². The van der Waals surface area contributed by atoms with Crippen LogP contribution in [-0.2, 0) is 14.8 Å². The zero-order valence-corrected chi connectivity index (χ0v) is 15.9. The van der Waals surface area contributed by atoms with Crippen molar-refractivity contribution in [1.29, 1.82) is 0 Å². The van der Waals surface area contributed by atoms with Crippen molar-refractivity contribution in [2.45, 2.75) is 38.8 Å². The van der Waals surface area contributed by atoms with Crippen molar-refractivity contribution < 1.29 is 17.9 Å². The maximum atomic E-state index is 11.8. The standard InChI is InChI=1S/C18H25N3O4S/c1-3-26(22,23)20-17-5-4-10-24-18(17)13-25-16-8-6-15(7-9-16)21-12-14(2)11-19-21/h6-9,11-12,17-18,20H,3-5,10,13H2,1-2H3/t17-,18+/m0/s1. The summed E-state index contributed by atoms with van der Waals surface area (Å²) in [5.41, 5.74) is 2.05. The first kappa shape index (κ1) is 18.9. The van der Waals surface area contributed by atoms with E-state index in [4.69, 9.17) is 9.47 Å². The summed E-state index contributed by atoms with van der Waals surface area (Å²) in [5, 5.41) is 4.28. The molecule has 1 fully saturated rings. The molecule has 1 saturated heterocycles. The molecule has 2 heterocycles. The Morgan fingerprint density at radius 3 is 2.77 bits per heavy atom. The summed E-state index contributed by atoms with van der Waals surface area (Å²) >= 11 is 0. The Morgan fingerprint density at radius 2 is 2.12 bits per heavy atom. The molecule has 3 rings (SSSR count). The first-order valence-electron chi connectivity index (χ1n) is 8.83. The van der Waals surface area contributed by atoms with Crippen molar-refractivity contribution in [3.63, 3.8) is 0 Å². The molecule has 1 aromatic carbocycles. The van der Waals surface area contributed by atoms with E-state index in [0.29, 0.717) is 19.0 Å². The highest BCUT2D eigenvalue weighted by atomic mass is 32.2. The maximum absolute atomic E-state index is 11.8. The van der Waals surface area contributed by atoms with E-state index in [1.54, 1.807) is 11.6 Å². The topological polar surface area (TPSA) is 82.5 Å². The van der Waals surface area contributed by atoms with Crippen molar-refractivity contribution in [3.8, 4) is 11.4 Å². The molecule has 1 N–H and O–H groups in total. The average molecular weight is 379 g/mol. The second-order valence-electron chi connectivity index (χ2n) is 6.45. The molecule has 0 bridgehead atoms. The lowest BCUT2D eigenvalue weighted by atomic mass is 10.0. The summed E-state index contributed by atoms with van der Waals surface area (Å²) in [6.45, 7) is 4.54. The van der Waals surface area contributed by atoms with Crippen molar-refractivity contribution in [1.82, 2.24) is 14.5 Å². The number of ether oxygens (including phenoxy) is 2. The van der Waals surface area contributed by atoms with Gasteiger partial charge in [-0.1, -0.05) is 0 Å². The predicted octanol–water partition coefficient (Wildman–Crippen LogP) is 2.05. The predicted molar refractivity (Wildman–Crippen MR) is 99.2 cm³/mol. The van der Waals surface area contributed by atoms with E-state index in [1.165, 1.54) is 0 Å². The van der Waals surface area contributed by atoms with Crippen molar-refractivity contribution in [3.05, 3.63) is 42.2 Å². The van der Waals surface area contributed by atoms with E-state index in [2.05, 4.69) is 9.82 Å². The maximum Gasteiger partial charge on any atom is 0.211 e. The van der Waals surface area contributed by atoms with Gasteiger partial charge in [0.15, 0.2) is 0 Å². The SMILES string of the molecule is CCS(=O)(=O)N[C@H]1CCCO[C@@H]1COc1ccc(-n2cc(C)cn2)cc1. The van der Waals surface area contributed by atoms with Crippen LogP contribution in [0, 0.1) is 6.92 Å². The van der Waals surface area contributed by atoms with Crippen LogP contribution in [0.5, 0.6) is 5.75 Å². The normalized spacial score (nSPS) is 20.8. The molecule has 0 unspecified atom stereocenters. The Labute approximate surface area is 154 Å². The lowest BCUT2D eigenvalue weighted by Gasteiger charge is -2.31. The highest BCUT2D eigenvalue weighted by molar-refractivity contribution is 7.89. The summed E-state index contributed by atoms with van der Waals surface area (Å²) in [5.74, 6) is 0.773. The van der Waals surface area contributed by atoms with Gasteiger partial charge < -0.3 is 9.47 Å². The molecular formula is C18H25N3O4S. The van der Waals surface area contributed by atoms with Crippen LogP contribution in [0.25, 0.3) is 5.69 Å². The third-order valence-corrected chi connectivity index (χ3v) is 5.80. The van der Waals surface area contributed by atoms with E-state index >= 15 is 0 Å². The Hall–Kier alpha value is -1.90. The number of hydrogen-bond donors (Lipinski definition) is 1. The van der Waals surface area contributed by atoms with Crippen LogP contribution >= 0.6 is 0 Å². The molecule has 0 amide bonds. The largest absolute Gasteiger partial charge is 0.491 e. The van der Waals surface area contributed by atoms with E-state index in [9.17, 15) is 8.42 Å². The Kier molecular flexibility index (Phi) is 5.95. The molecule has 2 aromatic rings. The van der Waals surface area contributed by atoms with E-state index in [1.807, 2.05) is 43.6 Å². The first-order valence-corrected chi connectivity index (χ1v) is 10.5. The molecule has 7 nitrogen and oxygen atoms in total. The van der Waals surface area contributed by atoms with Gasteiger partial charge in [0.25, 0.3) is 0 Å². The number of aromatic nitrogens is 2. The Balaban J connectivity index is 1.60. The van der Waals surface area contributed by atoms with Gasteiger partial charge >= 0.3 is 0 Å². The van der Waals surface area contributed by atoms with Crippen molar-refractivity contribution in [2.24, 2.45) is 0 Å². The van der Waals surface area contributed by atoms with Gasteiger partial charge in [-0.05, 0) is 56.5 Å². The van der Waals surface area contributed by atoms with Crippen molar-refractivity contribution >= 4 is 10.0 Å². The number of sulfonamides is 1. The fraction of sp³-hybridized carbons (Fsp3) is 0.500. The van der Waals surface area contributed by atoms with E-state index < -0.39 is 10.0 Å². The van der Waals surface area contributed by atoms with Crippen LogP contribution in [0.2, 0.25) is 0 Å². The quantitative estimate of drug-likeness (QED) is 0.796. The molecule has 142 valence electrons. The summed E-state index contributed by atoms with van der Waals surface area (Å²) < 4.78 is 39.8. The molecule has 1 aliphatic rings. The molecule has 0 spiro atoms. The van der Waals surface area contributed by atoms with Crippen LogP contribution < -0.4 is 9.46 Å². The lowest BCUT2D eigenvalue weighted by molar-refractivity contribution is -0.0279. The fourth-order valence-corrected chi connectivity index (χ4v) is 3.78. The van der Waals surface area contributed by atoms with Gasteiger partial charge in [-0.15, -0.1) is 0 Å². The number of aryl methyl sites for hydroxylation is 1. The monoisotopic (exact) mass is 379 g/mol. The molecular weight excluding hydrogens is 354 g/mol. The Morgan fingerprint density at radius 1 is 1.35 bits per heavy atom. The molecule has 2 atom stereocenters. The minimum atomic E-state index is -3.26. The minimum absolute atomic E-state index is 0.0610. The van der Waals surface area contributed by atoms with Crippen LogP contribution in [-0.4, -0.2) is 49.3 Å². The lowest BCUT2D eigenvalue weighted by Crippen LogP contribution is -2.49. The average Bonchev–Trinajstić information content (AvgIpc) is 3.07. The number of benzene rings is 1. The summed E-state index contributed by atoms with van der Waals surface area (Å²) in [4.78, 5) is 0. The van der Waals surface area contributed by atoms with Gasteiger partial charge in [-0.2, -0.15) is 5.10 Å². The molecule has 0 aliphatic carbocycles. The summed E-state index contributed by atoms with van der Waals surface area (Å²) in [7, 11) is -3.26. The molecule has 1 aliphatic heterocycles. The third-order valence-electron chi connectivity index (χ3n) is 4.38. The summed E-state index contributed by atoms with van der Waals surface area (Å²) in [6, 6.07) is 7.36. The first-order chi connectivity index (χ1) is 12.5. The van der Waals surface area contributed by atoms with Crippen molar-refractivity contribution in [2.75, 3.05) is 19.0 Å². The highest BCUT2D eigenvalue weighted by Crippen LogP contribution is 2.19. The second kappa shape index (κ2) is 8.20. The molecule has 8 heteroatoms. The summed E-state index contributed by atoms with van der Waals surface area (Å²) in [6.07, 6.45) is 5.06. The van der Waals surface area contributed by atoms with Gasteiger partial charge in [0.2, 0.25) is 10.0 Å². The minimum Gasteiger partial charge on any atom is -0.491 e. The number of nitrogens with zero attached hydrogens (tertiary/aromatic N) is 2. The number of nitrogens with one attached hydrogen (secondary N) is 1. The van der Waals surface area contributed by atoms with Crippen LogP contribution in [0.3, 0.4) is 0 Å².